The van der Waals surface area contributed by atoms with Gasteiger partial charge in [-0.15, -0.1) is 5.10 Å². The van der Waals surface area contributed by atoms with E-state index in [1.54, 1.807) is 4.68 Å². The molecule has 6 nitrogen and oxygen atoms in total. The molecule has 1 heterocycles. The molecule has 1 N–H and O–H groups in total. The Morgan fingerprint density at radius 2 is 2.12 bits per heavy atom. The van der Waals surface area contributed by atoms with Crippen LogP contribution in [0, 0.1) is 5.92 Å². The number of halogens is 1. The number of nitrogens with zero attached hydrogens (tertiary/aromatic N) is 4. The number of rotatable bonds is 5. The first-order chi connectivity index (χ1) is 12.7. The number of carbonyl (C=O) groups is 1. The van der Waals surface area contributed by atoms with Crippen LogP contribution in [0.3, 0.4) is 0 Å². The lowest BCUT2D eigenvalue weighted by atomic mass is 10.1. The topological polar surface area (TPSA) is 72.7 Å². The van der Waals surface area contributed by atoms with Gasteiger partial charge in [0.05, 0.1) is 5.69 Å². The summed E-state index contributed by atoms with van der Waals surface area (Å²) in [6.45, 7) is 0. The van der Waals surface area contributed by atoms with Crippen molar-refractivity contribution in [3.05, 3.63) is 58.6 Å². The third-order valence-electron chi connectivity index (χ3n) is 4.39. The maximum atomic E-state index is 12.6. The molecule has 0 spiro atoms. The van der Waals surface area contributed by atoms with Crippen LogP contribution in [0.5, 0.6) is 0 Å². The van der Waals surface area contributed by atoms with Crippen molar-refractivity contribution in [2.75, 3.05) is 11.6 Å². The fraction of sp³-hybridized carbons (Fsp3) is 0.222. The molecule has 2 atom stereocenters. The van der Waals surface area contributed by atoms with E-state index in [4.69, 9.17) is 0 Å². The zero-order chi connectivity index (χ0) is 18.1. The monoisotopic (exact) mass is 429 g/mol. The normalized spacial score (nSPS) is 18.5. The minimum absolute atomic E-state index is 0.0164. The molecule has 2 aromatic carbocycles. The first kappa shape index (κ1) is 17.2. The molecule has 1 aliphatic rings. The highest BCUT2D eigenvalue weighted by molar-refractivity contribution is 9.10. The third kappa shape index (κ3) is 3.52. The number of hydrogen-bond donors (Lipinski definition) is 1. The average molecular weight is 430 g/mol. The van der Waals surface area contributed by atoms with Crippen molar-refractivity contribution in [1.82, 2.24) is 20.2 Å². The van der Waals surface area contributed by atoms with Gasteiger partial charge in [-0.05, 0) is 64.9 Å². The number of tetrazole rings is 1. The van der Waals surface area contributed by atoms with Crippen LogP contribution in [0.1, 0.15) is 17.9 Å². The second-order valence-electron chi connectivity index (χ2n) is 6.12. The number of anilines is 1. The van der Waals surface area contributed by atoms with E-state index >= 15 is 0 Å². The molecule has 26 heavy (non-hydrogen) atoms. The molecule has 0 radical (unpaired) electrons. The van der Waals surface area contributed by atoms with Gasteiger partial charge < -0.3 is 5.32 Å². The van der Waals surface area contributed by atoms with E-state index in [1.807, 2.05) is 42.7 Å². The molecule has 2 unspecified atom stereocenters. The number of aromatic nitrogens is 4. The predicted octanol–water partition coefficient (Wildman–Crippen LogP) is 3.89. The SMILES string of the molecule is CSc1nnnn1-c1cccc(NC(=O)C2CC2c2cccc(Br)c2)c1. The molecule has 0 aliphatic heterocycles. The number of amides is 1. The van der Waals surface area contributed by atoms with E-state index in [0.29, 0.717) is 11.1 Å². The molecule has 1 aromatic heterocycles. The van der Waals surface area contributed by atoms with Gasteiger partial charge in [0.25, 0.3) is 0 Å². The molecule has 0 saturated heterocycles. The fourth-order valence-electron chi connectivity index (χ4n) is 3.01. The smallest absolute Gasteiger partial charge is 0.228 e. The number of hydrogen-bond acceptors (Lipinski definition) is 5. The van der Waals surface area contributed by atoms with E-state index in [2.05, 4.69) is 48.9 Å². The Labute approximate surface area is 163 Å². The summed E-state index contributed by atoms with van der Waals surface area (Å²) in [5.74, 6) is 0.356. The Balaban J connectivity index is 1.47. The molecule has 132 valence electrons. The number of nitrogens with one attached hydrogen (secondary N) is 1. The van der Waals surface area contributed by atoms with Crippen molar-refractivity contribution in [2.24, 2.45) is 5.92 Å². The lowest BCUT2D eigenvalue weighted by Gasteiger charge is -2.08. The summed E-state index contributed by atoms with van der Waals surface area (Å²) in [5.41, 5.74) is 2.76. The van der Waals surface area contributed by atoms with Crippen LogP contribution in [0.15, 0.2) is 58.2 Å². The maximum Gasteiger partial charge on any atom is 0.228 e. The number of thioether (sulfide) groups is 1. The van der Waals surface area contributed by atoms with Gasteiger partial charge >= 0.3 is 0 Å². The molecule has 1 fully saturated rings. The minimum atomic E-state index is 0.0164. The van der Waals surface area contributed by atoms with Gasteiger partial charge in [-0.2, -0.15) is 4.68 Å². The van der Waals surface area contributed by atoms with Crippen molar-refractivity contribution < 1.29 is 4.79 Å². The van der Waals surface area contributed by atoms with Crippen LogP contribution in [0.2, 0.25) is 0 Å². The Hall–Kier alpha value is -2.19. The van der Waals surface area contributed by atoms with Gasteiger partial charge in [-0.1, -0.05) is 45.9 Å². The Bertz CT molecular complexity index is 960. The van der Waals surface area contributed by atoms with E-state index in [-0.39, 0.29) is 11.8 Å². The van der Waals surface area contributed by atoms with Gasteiger partial charge in [0.2, 0.25) is 11.1 Å². The summed E-state index contributed by atoms with van der Waals surface area (Å²) >= 11 is 4.95. The Morgan fingerprint density at radius 3 is 2.92 bits per heavy atom. The van der Waals surface area contributed by atoms with Crippen LogP contribution >= 0.6 is 27.7 Å². The summed E-state index contributed by atoms with van der Waals surface area (Å²) in [4.78, 5) is 12.6. The first-order valence-corrected chi connectivity index (χ1v) is 10.2. The van der Waals surface area contributed by atoms with E-state index in [1.165, 1.54) is 17.3 Å². The van der Waals surface area contributed by atoms with Crippen molar-refractivity contribution >= 4 is 39.3 Å². The maximum absolute atomic E-state index is 12.6. The standard InChI is InChI=1S/C18H16BrN5OS/c1-26-18-21-22-23-24(18)14-7-3-6-13(9-14)20-17(25)16-10-15(16)11-4-2-5-12(19)8-11/h2-9,15-16H,10H2,1H3,(H,20,25). The van der Waals surface area contributed by atoms with Gasteiger partial charge in [-0.25, -0.2) is 0 Å². The van der Waals surface area contributed by atoms with Gasteiger partial charge in [0.15, 0.2) is 0 Å². The molecule has 1 aliphatic carbocycles. The highest BCUT2D eigenvalue weighted by Crippen LogP contribution is 2.48. The number of carbonyl (C=O) groups excluding carboxylic acids is 1. The minimum Gasteiger partial charge on any atom is -0.326 e. The van der Waals surface area contributed by atoms with Gasteiger partial charge in [0, 0.05) is 16.1 Å². The van der Waals surface area contributed by atoms with Crippen molar-refractivity contribution in [1.29, 1.82) is 0 Å². The van der Waals surface area contributed by atoms with Crippen LogP contribution in [0.25, 0.3) is 5.69 Å². The van der Waals surface area contributed by atoms with Crippen molar-refractivity contribution in [3.8, 4) is 5.69 Å². The molecular formula is C18H16BrN5OS. The summed E-state index contributed by atoms with van der Waals surface area (Å²) in [5, 5.41) is 15.4. The molecule has 0 bridgehead atoms. The Kier molecular flexibility index (Phi) is 4.78. The lowest BCUT2D eigenvalue weighted by Crippen LogP contribution is -2.14. The van der Waals surface area contributed by atoms with E-state index < -0.39 is 0 Å². The second-order valence-corrected chi connectivity index (χ2v) is 7.81. The summed E-state index contributed by atoms with van der Waals surface area (Å²) < 4.78 is 2.70. The Morgan fingerprint density at radius 1 is 1.27 bits per heavy atom. The summed E-state index contributed by atoms with van der Waals surface area (Å²) in [7, 11) is 0. The van der Waals surface area contributed by atoms with E-state index in [9.17, 15) is 4.79 Å². The van der Waals surface area contributed by atoms with Crippen LogP contribution in [-0.2, 0) is 4.79 Å². The van der Waals surface area contributed by atoms with E-state index in [0.717, 1.165) is 22.3 Å². The summed E-state index contributed by atoms with van der Waals surface area (Å²) in [6.07, 6.45) is 2.80. The van der Waals surface area contributed by atoms with Crippen LogP contribution < -0.4 is 5.32 Å². The average Bonchev–Trinajstić information content (AvgIpc) is 3.31. The summed E-state index contributed by atoms with van der Waals surface area (Å²) in [6, 6.07) is 15.7. The van der Waals surface area contributed by atoms with Crippen LogP contribution in [0.4, 0.5) is 5.69 Å². The third-order valence-corrected chi connectivity index (χ3v) is 5.50. The molecule has 8 heteroatoms. The molecule has 1 amide bonds. The van der Waals surface area contributed by atoms with Crippen molar-refractivity contribution in [3.63, 3.8) is 0 Å². The quantitative estimate of drug-likeness (QED) is 0.622. The van der Waals surface area contributed by atoms with Crippen LogP contribution in [-0.4, -0.2) is 32.4 Å². The molecule has 3 aromatic rings. The fourth-order valence-corrected chi connectivity index (χ4v) is 3.86. The zero-order valence-corrected chi connectivity index (χ0v) is 16.4. The molecule has 1 saturated carbocycles. The van der Waals surface area contributed by atoms with Gasteiger partial charge in [0.1, 0.15) is 0 Å². The molecular weight excluding hydrogens is 414 g/mol. The lowest BCUT2D eigenvalue weighted by molar-refractivity contribution is -0.117. The van der Waals surface area contributed by atoms with Crippen molar-refractivity contribution in [2.45, 2.75) is 17.5 Å². The highest BCUT2D eigenvalue weighted by Gasteiger charge is 2.43. The van der Waals surface area contributed by atoms with Gasteiger partial charge in [-0.3, -0.25) is 4.79 Å². The predicted molar refractivity (Wildman–Crippen MR) is 105 cm³/mol. The highest BCUT2D eigenvalue weighted by atomic mass is 79.9. The zero-order valence-electron chi connectivity index (χ0n) is 14.0. The number of benzene rings is 2. The second kappa shape index (κ2) is 7.20. The first-order valence-electron chi connectivity index (χ1n) is 8.15. The largest absolute Gasteiger partial charge is 0.326 e. The molecule has 4 rings (SSSR count).